The Kier molecular flexibility index (Phi) is 8.36. The van der Waals surface area contributed by atoms with Gasteiger partial charge < -0.3 is 23.7 Å². The largest absolute Gasteiger partial charge is 0.455 e. The van der Waals surface area contributed by atoms with Crippen molar-refractivity contribution in [2.45, 2.75) is 43.9 Å². The first-order valence-electron chi connectivity index (χ1n) is 13.1. The third kappa shape index (κ3) is 6.39. The predicted molar refractivity (Wildman–Crippen MR) is 156 cm³/mol. The van der Waals surface area contributed by atoms with Crippen LogP contribution in [-0.2, 0) is 34.4 Å². The van der Waals surface area contributed by atoms with E-state index in [4.69, 9.17) is 13.8 Å². The van der Waals surface area contributed by atoms with Gasteiger partial charge in [-0.05, 0) is 50.6 Å². The Morgan fingerprint density at radius 3 is 2.49 bits per heavy atom. The van der Waals surface area contributed by atoms with Gasteiger partial charge in [0.05, 0.1) is 37.3 Å². The summed E-state index contributed by atoms with van der Waals surface area (Å²) in [4.78, 5) is 26.8. The predicted octanol–water partition coefficient (Wildman–Crippen LogP) is 5.94. The number of nitrogens with zero attached hydrogens (tertiary/aromatic N) is 3. The number of benzene rings is 1. The highest BCUT2D eigenvalue weighted by molar-refractivity contribution is 7.90. The second-order valence-electron chi connectivity index (χ2n) is 9.66. The molecule has 0 spiro atoms. The van der Waals surface area contributed by atoms with Crippen molar-refractivity contribution in [1.29, 1.82) is 0 Å². The molecule has 0 aliphatic carbocycles. The molecule has 14 heteroatoms. The van der Waals surface area contributed by atoms with Crippen molar-refractivity contribution in [3.8, 4) is 22.2 Å². The smallest absolute Gasteiger partial charge is 0.335 e. The average molecular weight is 619 g/mol. The number of thiazole rings is 1. The minimum Gasteiger partial charge on any atom is -0.455 e. The fourth-order valence-electron chi connectivity index (χ4n) is 4.80. The maximum absolute atomic E-state index is 13.0. The number of likely N-dealkylation sites (tertiary alicyclic amines) is 1. The van der Waals surface area contributed by atoms with E-state index in [9.17, 15) is 17.8 Å². The van der Waals surface area contributed by atoms with E-state index in [1.807, 2.05) is 18.2 Å². The van der Waals surface area contributed by atoms with E-state index in [-0.39, 0.29) is 36.4 Å². The van der Waals surface area contributed by atoms with E-state index in [1.165, 1.54) is 23.6 Å². The van der Waals surface area contributed by atoms with E-state index in [0.29, 0.717) is 29.3 Å². The van der Waals surface area contributed by atoms with Gasteiger partial charge in [0.15, 0.2) is 14.9 Å². The maximum atomic E-state index is 13.0. The molecule has 4 heterocycles. The summed E-state index contributed by atoms with van der Waals surface area (Å²) in [6.45, 7) is 4.14. The first-order chi connectivity index (χ1) is 19.5. The van der Waals surface area contributed by atoms with E-state index < -0.39 is 17.4 Å². The fourth-order valence-corrected chi connectivity index (χ4v) is 8.28. The van der Waals surface area contributed by atoms with Crippen LogP contribution in [0.1, 0.15) is 43.2 Å². The second kappa shape index (κ2) is 11.7. The molecule has 11 nitrogen and oxygen atoms in total. The molecule has 1 unspecified atom stereocenters. The van der Waals surface area contributed by atoms with Gasteiger partial charge in [0, 0.05) is 47.3 Å². The molecule has 5 rings (SSSR count). The van der Waals surface area contributed by atoms with Gasteiger partial charge in [-0.3, -0.25) is 9.36 Å². The van der Waals surface area contributed by atoms with E-state index in [0.717, 1.165) is 33.3 Å². The maximum Gasteiger partial charge on any atom is 0.335 e. The molecule has 1 N–H and O–H groups in total. The van der Waals surface area contributed by atoms with Crippen LogP contribution in [0, 0.1) is 0 Å². The summed E-state index contributed by atoms with van der Waals surface area (Å²) >= 11 is 1.40. The molecule has 1 atom stereocenters. The Balaban J connectivity index is 1.49. The Bertz CT molecular complexity index is 1720. The number of fused-ring (bicyclic) bond motifs is 1. The molecule has 1 amide bonds. The fraction of sp³-hybridized carbons (Fsp3) is 0.370. The minimum absolute atomic E-state index is 0.0430. The number of H-pyrrole nitrogens is 1. The molecular weight excluding hydrogens is 587 g/mol. The van der Waals surface area contributed by atoms with E-state index in [1.54, 1.807) is 38.1 Å². The third-order valence-electron chi connectivity index (χ3n) is 6.70. The molecule has 3 aromatic heterocycles. The first kappa shape index (κ1) is 29.4. The van der Waals surface area contributed by atoms with Crippen LogP contribution in [0.25, 0.3) is 21.6 Å². The summed E-state index contributed by atoms with van der Waals surface area (Å²) < 4.78 is 53.7. The summed E-state index contributed by atoms with van der Waals surface area (Å²) in [6.07, 6.45) is 5.38. The van der Waals surface area contributed by atoms with Gasteiger partial charge in [-0.2, -0.15) is 0 Å². The minimum atomic E-state index is -3.44. The second-order valence-corrected chi connectivity index (χ2v) is 14.8. The molecule has 1 saturated heterocycles. The lowest BCUT2D eigenvalue weighted by molar-refractivity contribution is -0.127. The lowest BCUT2D eigenvalue weighted by Crippen LogP contribution is -2.22. The number of carbonyl (C=O) groups excluding carboxylic acids is 1. The van der Waals surface area contributed by atoms with Gasteiger partial charge >= 0.3 is 7.60 Å². The topological polar surface area (TPSA) is 141 Å². The van der Waals surface area contributed by atoms with Gasteiger partial charge in [0.2, 0.25) is 5.91 Å². The lowest BCUT2D eigenvalue weighted by atomic mass is 10.0. The lowest BCUT2D eigenvalue weighted by Gasteiger charge is -2.23. The zero-order valence-corrected chi connectivity index (χ0v) is 25.6. The monoisotopic (exact) mass is 618 g/mol. The summed E-state index contributed by atoms with van der Waals surface area (Å²) in [5.41, 5.74) is 2.43. The summed E-state index contributed by atoms with van der Waals surface area (Å²) in [5, 5.41) is 1.53. The molecule has 1 fully saturated rings. The van der Waals surface area contributed by atoms with Crippen molar-refractivity contribution in [1.82, 2.24) is 19.9 Å². The average Bonchev–Trinajstić information content (AvgIpc) is 3.62. The molecule has 218 valence electrons. The number of hydrogen-bond donors (Lipinski definition) is 1. The number of aromatic nitrogens is 3. The molecule has 1 aliphatic heterocycles. The first-order valence-corrected chi connectivity index (χ1v) is 17.5. The number of rotatable bonds is 11. The molecule has 0 saturated carbocycles. The van der Waals surface area contributed by atoms with Gasteiger partial charge in [-0.1, -0.05) is 0 Å². The van der Waals surface area contributed by atoms with Gasteiger partial charge in [0.1, 0.15) is 16.5 Å². The van der Waals surface area contributed by atoms with Crippen molar-refractivity contribution in [2.75, 3.05) is 26.5 Å². The Morgan fingerprint density at radius 1 is 1.12 bits per heavy atom. The molecule has 1 aliphatic rings. The third-order valence-corrected chi connectivity index (χ3v) is 11.0. The Labute approximate surface area is 242 Å². The van der Waals surface area contributed by atoms with Crippen molar-refractivity contribution in [2.24, 2.45) is 0 Å². The quantitative estimate of drug-likeness (QED) is 0.202. The number of ether oxygens (including phenoxy) is 1. The van der Waals surface area contributed by atoms with Crippen LogP contribution >= 0.6 is 18.9 Å². The zero-order chi connectivity index (χ0) is 29.4. The zero-order valence-electron chi connectivity index (χ0n) is 23.1. The number of carbonyl (C=O) groups is 1. The van der Waals surface area contributed by atoms with E-state index >= 15 is 0 Å². The number of nitrogens with one attached hydrogen (secondary N) is 1. The number of amides is 1. The standard InChI is InChI=1S/C27H31N4O7PS2/c1-5-36-39(33,37-6-2)16-19-15-29-27(40-19)22-11-17-12-24(38-18-7-9-25(28-14-18)41(4,34)35)20(13-21(17)30-22)23-8-10-26(32)31(23)3/h7,9,11-15,23,30H,5-6,8,10,16H2,1-4H3. The highest BCUT2D eigenvalue weighted by atomic mass is 32.2. The van der Waals surface area contributed by atoms with Gasteiger partial charge in [0.25, 0.3) is 0 Å². The molecule has 1 aromatic carbocycles. The number of sulfone groups is 1. The summed E-state index contributed by atoms with van der Waals surface area (Å²) in [7, 11) is -4.93. The van der Waals surface area contributed by atoms with Crippen LogP contribution in [0.5, 0.6) is 11.5 Å². The van der Waals surface area contributed by atoms with Gasteiger partial charge in [-0.25, -0.2) is 18.4 Å². The molecule has 41 heavy (non-hydrogen) atoms. The Morgan fingerprint density at radius 2 is 1.88 bits per heavy atom. The highest BCUT2D eigenvalue weighted by Gasteiger charge is 2.32. The molecule has 4 aromatic rings. The van der Waals surface area contributed by atoms with Crippen LogP contribution < -0.4 is 4.74 Å². The number of pyridine rings is 1. The van der Waals surface area contributed by atoms with Crippen molar-refractivity contribution < 1.29 is 31.6 Å². The van der Waals surface area contributed by atoms with Crippen molar-refractivity contribution >= 4 is 45.6 Å². The normalized spacial score (nSPS) is 16.1. The number of hydrogen-bond acceptors (Lipinski definition) is 10. The summed E-state index contributed by atoms with van der Waals surface area (Å²) in [6, 6.07) is 8.59. The van der Waals surface area contributed by atoms with Crippen LogP contribution in [0.15, 0.2) is 47.8 Å². The molecular formula is C27H31N4O7PS2. The molecule has 0 radical (unpaired) electrons. The van der Waals surface area contributed by atoms with Crippen LogP contribution in [0.3, 0.4) is 0 Å². The van der Waals surface area contributed by atoms with Crippen LogP contribution in [0.2, 0.25) is 0 Å². The van der Waals surface area contributed by atoms with Crippen LogP contribution in [-0.4, -0.2) is 60.7 Å². The van der Waals surface area contributed by atoms with Crippen LogP contribution in [0.4, 0.5) is 0 Å². The molecule has 0 bridgehead atoms. The summed E-state index contributed by atoms with van der Waals surface area (Å²) in [5.74, 6) is 0.968. The SMILES string of the molecule is CCOP(=O)(Cc1cnc(-c2cc3cc(Oc4ccc(S(C)(=O)=O)nc4)c(C4CCC(=O)N4C)cc3[nH]2)s1)OCC. The highest BCUT2D eigenvalue weighted by Crippen LogP contribution is 2.52. The number of aromatic amines is 1. The Hall–Kier alpha value is -3.09. The van der Waals surface area contributed by atoms with E-state index in [2.05, 4.69) is 15.0 Å². The van der Waals surface area contributed by atoms with Gasteiger partial charge in [-0.15, -0.1) is 11.3 Å². The van der Waals surface area contributed by atoms with Crippen molar-refractivity contribution in [3.05, 3.63) is 53.2 Å². The van der Waals surface area contributed by atoms with Crippen molar-refractivity contribution in [3.63, 3.8) is 0 Å².